The normalized spacial score (nSPS) is 12.5. The highest BCUT2D eigenvalue weighted by atomic mass is 16.3. The quantitative estimate of drug-likeness (QED) is 0.625. The van der Waals surface area contributed by atoms with Crippen molar-refractivity contribution in [1.29, 1.82) is 0 Å². The minimum absolute atomic E-state index is 0.109. The number of nitrogens with one attached hydrogen (secondary N) is 1. The summed E-state index contributed by atoms with van der Waals surface area (Å²) in [4.78, 5) is 11.7. The second-order valence-electron chi connectivity index (χ2n) is 3.53. The van der Waals surface area contributed by atoms with Crippen LogP contribution in [0.5, 0.6) is 0 Å². The van der Waals surface area contributed by atoms with Gasteiger partial charge < -0.3 is 16.2 Å². The summed E-state index contributed by atoms with van der Waals surface area (Å²) in [5.41, 5.74) is 7.04. The summed E-state index contributed by atoms with van der Waals surface area (Å²) in [6.45, 7) is 3.33. The average Bonchev–Trinajstić information content (AvgIpc) is 2.41. The lowest BCUT2D eigenvalue weighted by Gasteiger charge is -2.10. The third kappa shape index (κ3) is 2.27. The molecule has 0 aliphatic heterocycles. The Morgan fingerprint density at radius 3 is 2.73 bits per heavy atom. The maximum Gasteiger partial charge on any atom is 0.271 e. The van der Waals surface area contributed by atoms with Crippen molar-refractivity contribution in [3.63, 3.8) is 0 Å². The third-order valence-corrected chi connectivity index (χ3v) is 2.13. The molecular formula is C9H16N4O2. The van der Waals surface area contributed by atoms with Crippen LogP contribution >= 0.6 is 0 Å². The number of carbonyl (C=O) groups excluding carboxylic acids is 1. The molecule has 0 fully saturated rings. The number of hydrogen-bond acceptors (Lipinski definition) is 4. The number of nitrogens with zero attached hydrogens (tertiary/aromatic N) is 2. The Kier molecular flexibility index (Phi) is 3.31. The van der Waals surface area contributed by atoms with Crippen LogP contribution in [0.4, 0.5) is 5.69 Å². The molecule has 1 unspecified atom stereocenters. The molecule has 0 saturated heterocycles. The molecule has 0 aliphatic carbocycles. The standard InChI is InChI=1S/C9H16N4O2/c1-5(4-14)11-9(15)8-7(10)6(2)12-13(8)3/h5,14H,4,10H2,1-3H3,(H,11,15). The minimum Gasteiger partial charge on any atom is -0.395 e. The molecule has 0 bridgehead atoms. The van der Waals surface area contributed by atoms with Crippen molar-refractivity contribution in [3.8, 4) is 0 Å². The fourth-order valence-corrected chi connectivity index (χ4v) is 1.28. The van der Waals surface area contributed by atoms with E-state index in [1.54, 1.807) is 20.9 Å². The van der Waals surface area contributed by atoms with Gasteiger partial charge in [-0.3, -0.25) is 9.48 Å². The highest BCUT2D eigenvalue weighted by molar-refractivity contribution is 5.98. The fraction of sp³-hybridized carbons (Fsp3) is 0.556. The lowest BCUT2D eigenvalue weighted by atomic mass is 10.2. The van der Waals surface area contributed by atoms with Crippen LogP contribution in [0.15, 0.2) is 0 Å². The Bertz CT molecular complexity index is 372. The number of carbonyl (C=O) groups is 1. The molecule has 1 aromatic heterocycles. The number of amides is 1. The summed E-state index contributed by atoms with van der Waals surface area (Å²) in [7, 11) is 1.65. The number of nitrogens with two attached hydrogens (primary N) is 1. The molecule has 84 valence electrons. The SMILES string of the molecule is Cc1nn(C)c(C(=O)NC(C)CO)c1N. The molecule has 1 amide bonds. The van der Waals surface area contributed by atoms with Gasteiger partial charge in [-0.15, -0.1) is 0 Å². The summed E-state index contributed by atoms with van der Waals surface area (Å²) in [5, 5.41) is 15.5. The summed E-state index contributed by atoms with van der Waals surface area (Å²) in [6.07, 6.45) is 0. The van der Waals surface area contributed by atoms with Gasteiger partial charge in [-0.25, -0.2) is 0 Å². The third-order valence-electron chi connectivity index (χ3n) is 2.13. The molecule has 6 heteroatoms. The summed E-state index contributed by atoms with van der Waals surface area (Å²) in [6, 6.07) is -0.299. The second-order valence-corrected chi connectivity index (χ2v) is 3.53. The van der Waals surface area contributed by atoms with Gasteiger partial charge in [-0.2, -0.15) is 5.10 Å². The van der Waals surface area contributed by atoms with E-state index in [-0.39, 0.29) is 18.6 Å². The zero-order chi connectivity index (χ0) is 11.6. The van der Waals surface area contributed by atoms with Crippen molar-refractivity contribution < 1.29 is 9.90 Å². The molecule has 1 rings (SSSR count). The lowest BCUT2D eigenvalue weighted by Crippen LogP contribution is -2.36. The van der Waals surface area contributed by atoms with Crippen molar-refractivity contribution in [2.75, 3.05) is 12.3 Å². The van der Waals surface area contributed by atoms with Crippen molar-refractivity contribution in [3.05, 3.63) is 11.4 Å². The number of aryl methyl sites for hydroxylation is 2. The molecule has 4 N–H and O–H groups in total. The highest BCUT2D eigenvalue weighted by Gasteiger charge is 2.18. The van der Waals surface area contributed by atoms with Gasteiger partial charge in [0.1, 0.15) is 5.69 Å². The maximum absolute atomic E-state index is 11.7. The van der Waals surface area contributed by atoms with E-state index >= 15 is 0 Å². The van der Waals surface area contributed by atoms with Crippen LogP contribution in [-0.2, 0) is 7.05 Å². The number of aliphatic hydroxyl groups excluding tert-OH is 1. The van der Waals surface area contributed by atoms with E-state index in [9.17, 15) is 4.79 Å². The Balaban J connectivity index is 2.91. The smallest absolute Gasteiger partial charge is 0.271 e. The molecule has 0 saturated carbocycles. The van der Waals surface area contributed by atoms with E-state index < -0.39 is 0 Å². The number of hydrogen-bond donors (Lipinski definition) is 3. The Labute approximate surface area is 88.1 Å². The summed E-state index contributed by atoms with van der Waals surface area (Å²) >= 11 is 0. The minimum atomic E-state index is -0.322. The van der Waals surface area contributed by atoms with E-state index in [1.807, 2.05) is 0 Å². The van der Waals surface area contributed by atoms with E-state index in [1.165, 1.54) is 4.68 Å². The molecule has 0 aromatic carbocycles. The summed E-state index contributed by atoms with van der Waals surface area (Å²) < 4.78 is 1.43. The lowest BCUT2D eigenvalue weighted by molar-refractivity contribution is 0.0913. The van der Waals surface area contributed by atoms with Crippen LogP contribution in [0.2, 0.25) is 0 Å². The van der Waals surface area contributed by atoms with E-state index in [4.69, 9.17) is 10.8 Å². The Hall–Kier alpha value is -1.56. The number of anilines is 1. The van der Waals surface area contributed by atoms with Crippen molar-refractivity contribution in [2.24, 2.45) is 7.05 Å². The van der Waals surface area contributed by atoms with Gasteiger partial charge in [0.15, 0.2) is 0 Å². The van der Waals surface area contributed by atoms with Gasteiger partial charge in [0, 0.05) is 13.1 Å². The van der Waals surface area contributed by atoms with Gasteiger partial charge >= 0.3 is 0 Å². The average molecular weight is 212 g/mol. The molecule has 1 heterocycles. The number of rotatable bonds is 3. The van der Waals surface area contributed by atoms with Crippen LogP contribution in [0.3, 0.4) is 0 Å². The highest BCUT2D eigenvalue weighted by Crippen LogP contribution is 2.14. The molecule has 0 spiro atoms. The maximum atomic E-state index is 11.7. The van der Waals surface area contributed by atoms with Crippen LogP contribution < -0.4 is 11.1 Å². The molecule has 15 heavy (non-hydrogen) atoms. The first-order valence-corrected chi connectivity index (χ1v) is 4.68. The van der Waals surface area contributed by atoms with Crippen LogP contribution in [-0.4, -0.2) is 33.4 Å². The van der Waals surface area contributed by atoms with Crippen molar-refractivity contribution in [2.45, 2.75) is 19.9 Å². The molecular weight excluding hydrogens is 196 g/mol. The Morgan fingerprint density at radius 2 is 2.33 bits per heavy atom. The number of nitrogen functional groups attached to an aromatic ring is 1. The topological polar surface area (TPSA) is 93.2 Å². The van der Waals surface area contributed by atoms with E-state index in [0.717, 1.165) is 0 Å². The first kappa shape index (κ1) is 11.5. The zero-order valence-corrected chi connectivity index (χ0v) is 9.11. The summed E-state index contributed by atoms with van der Waals surface area (Å²) in [5.74, 6) is -0.322. The second kappa shape index (κ2) is 4.31. The predicted molar refractivity (Wildman–Crippen MR) is 56.4 cm³/mol. The predicted octanol–water partition coefficient (Wildman–Crippen LogP) is -0.579. The number of aromatic nitrogens is 2. The number of aliphatic hydroxyl groups is 1. The van der Waals surface area contributed by atoms with Gasteiger partial charge in [0.05, 0.1) is 18.0 Å². The van der Waals surface area contributed by atoms with E-state index in [0.29, 0.717) is 17.1 Å². The van der Waals surface area contributed by atoms with E-state index in [2.05, 4.69) is 10.4 Å². The van der Waals surface area contributed by atoms with Gasteiger partial charge in [0.25, 0.3) is 5.91 Å². The molecule has 0 aliphatic rings. The Morgan fingerprint density at radius 1 is 1.73 bits per heavy atom. The molecule has 1 aromatic rings. The van der Waals surface area contributed by atoms with Gasteiger partial charge in [-0.05, 0) is 13.8 Å². The van der Waals surface area contributed by atoms with Crippen LogP contribution in [0.25, 0.3) is 0 Å². The van der Waals surface area contributed by atoms with Crippen LogP contribution in [0.1, 0.15) is 23.1 Å². The molecule has 6 nitrogen and oxygen atoms in total. The van der Waals surface area contributed by atoms with Crippen LogP contribution in [0, 0.1) is 6.92 Å². The molecule has 0 radical (unpaired) electrons. The van der Waals surface area contributed by atoms with Crippen molar-refractivity contribution in [1.82, 2.24) is 15.1 Å². The largest absolute Gasteiger partial charge is 0.395 e. The first-order valence-electron chi connectivity index (χ1n) is 4.68. The van der Waals surface area contributed by atoms with Crippen molar-refractivity contribution >= 4 is 11.6 Å². The van der Waals surface area contributed by atoms with Gasteiger partial charge in [-0.1, -0.05) is 0 Å². The monoisotopic (exact) mass is 212 g/mol. The zero-order valence-electron chi connectivity index (χ0n) is 9.11. The molecule has 1 atom stereocenters. The van der Waals surface area contributed by atoms with Gasteiger partial charge in [0.2, 0.25) is 0 Å². The fourth-order valence-electron chi connectivity index (χ4n) is 1.28. The first-order chi connectivity index (χ1) is 6.97.